The number of esters is 1. The number of allylic oxidation sites excluding steroid dienone is 1. The van der Waals surface area contributed by atoms with Gasteiger partial charge in [0.2, 0.25) is 0 Å². The number of benzene rings is 1. The van der Waals surface area contributed by atoms with Gasteiger partial charge in [-0.2, -0.15) is 0 Å². The largest absolute Gasteiger partial charge is 0.493 e. The first-order valence-corrected chi connectivity index (χ1v) is 9.40. The summed E-state index contributed by atoms with van der Waals surface area (Å²) in [7, 11) is 0. The average Bonchev–Trinajstić information content (AvgIpc) is 2.74. The Balaban J connectivity index is 2.04. The van der Waals surface area contributed by atoms with E-state index in [9.17, 15) is 4.79 Å². The van der Waals surface area contributed by atoms with Gasteiger partial charge in [0.05, 0.1) is 39.6 Å². The summed E-state index contributed by atoms with van der Waals surface area (Å²) in [6.07, 6.45) is 3.28. The van der Waals surface area contributed by atoms with Crippen LogP contribution >= 0.6 is 0 Å². The molecule has 0 atom stereocenters. The summed E-state index contributed by atoms with van der Waals surface area (Å²) in [5.41, 5.74) is 0. The molecule has 29 heavy (non-hydrogen) atoms. The number of rotatable bonds is 18. The number of carbonyl (C=O) groups excluding carboxylic acids is 1. The molecule has 0 unspecified atom stereocenters. The lowest BCUT2D eigenvalue weighted by molar-refractivity contribution is -0.137. The van der Waals surface area contributed by atoms with E-state index in [2.05, 4.69) is 19.7 Å². The van der Waals surface area contributed by atoms with E-state index in [1.54, 1.807) is 12.1 Å². The topological polar surface area (TPSA) is 72.5 Å². The van der Waals surface area contributed by atoms with Crippen molar-refractivity contribution >= 4 is 5.97 Å². The normalized spacial score (nSPS) is 10.1. The molecule has 0 aliphatic rings. The van der Waals surface area contributed by atoms with Gasteiger partial charge in [-0.15, -0.1) is 0 Å². The van der Waals surface area contributed by atoms with Gasteiger partial charge in [0.1, 0.15) is 30.5 Å². The molecule has 0 aliphatic heterocycles. The fraction of sp³-hybridized carbons (Fsp3) is 0.409. The summed E-state index contributed by atoms with van der Waals surface area (Å²) in [4.78, 5) is 10.9. The van der Waals surface area contributed by atoms with Crippen LogP contribution in [-0.2, 0) is 23.7 Å². The van der Waals surface area contributed by atoms with E-state index in [1.165, 1.54) is 0 Å². The van der Waals surface area contributed by atoms with E-state index in [4.69, 9.17) is 28.4 Å². The zero-order valence-corrected chi connectivity index (χ0v) is 16.8. The van der Waals surface area contributed by atoms with Crippen LogP contribution in [0.4, 0.5) is 0 Å². The third-order valence-electron chi connectivity index (χ3n) is 3.39. The molecule has 0 aromatic heterocycles. The van der Waals surface area contributed by atoms with Gasteiger partial charge in [0.15, 0.2) is 0 Å². The minimum Gasteiger partial charge on any atom is -0.493 e. The van der Waals surface area contributed by atoms with Gasteiger partial charge in [0, 0.05) is 18.6 Å². The molecular formula is C22H30O7. The van der Waals surface area contributed by atoms with Crippen molar-refractivity contribution < 1.29 is 33.2 Å². The van der Waals surface area contributed by atoms with Gasteiger partial charge in [0.25, 0.3) is 0 Å². The maximum atomic E-state index is 10.9. The third kappa shape index (κ3) is 13.1. The van der Waals surface area contributed by atoms with Gasteiger partial charge in [-0.1, -0.05) is 25.8 Å². The molecule has 0 saturated heterocycles. The Morgan fingerprint density at radius 2 is 1.41 bits per heavy atom. The van der Waals surface area contributed by atoms with Crippen LogP contribution in [-0.4, -0.2) is 58.8 Å². The highest BCUT2D eigenvalue weighted by Crippen LogP contribution is 2.19. The first-order valence-electron chi connectivity index (χ1n) is 9.40. The van der Waals surface area contributed by atoms with Crippen molar-refractivity contribution in [3.05, 3.63) is 61.9 Å². The first kappa shape index (κ1) is 24.3. The molecule has 0 saturated carbocycles. The molecular weight excluding hydrogens is 376 g/mol. The van der Waals surface area contributed by atoms with Crippen LogP contribution in [0.15, 0.2) is 61.9 Å². The van der Waals surface area contributed by atoms with Gasteiger partial charge < -0.3 is 28.4 Å². The molecule has 0 radical (unpaired) electrons. The van der Waals surface area contributed by atoms with Crippen molar-refractivity contribution in [2.24, 2.45) is 0 Å². The number of hydrogen-bond donors (Lipinski definition) is 0. The summed E-state index contributed by atoms with van der Waals surface area (Å²) < 4.78 is 32.2. The predicted octanol–water partition coefficient (Wildman–Crippen LogP) is 3.31. The Morgan fingerprint density at radius 1 is 0.793 bits per heavy atom. The van der Waals surface area contributed by atoms with Gasteiger partial charge >= 0.3 is 5.97 Å². The number of ether oxygens (including phenoxy) is 6. The monoisotopic (exact) mass is 406 g/mol. The molecule has 160 valence electrons. The fourth-order valence-corrected chi connectivity index (χ4v) is 1.97. The van der Waals surface area contributed by atoms with E-state index in [0.717, 1.165) is 6.08 Å². The molecule has 7 nitrogen and oxygen atoms in total. The predicted molar refractivity (Wildman–Crippen MR) is 110 cm³/mol. The first-order chi connectivity index (χ1) is 14.2. The van der Waals surface area contributed by atoms with Crippen LogP contribution in [0.3, 0.4) is 0 Å². The molecule has 7 heteroatoms. The molecule has 0 fully saturated rings. The summed E-state index contributed by atoms with van der Waals surface area (Å²) in [6, 6.07) is 7.33. The zero-order valence-electron chi connectivity index (χ0n) is 16.8. The van der Waals surface area contributed by atoms with E-state index in [1.807, 2.05) is 18.2 Å². The minimum atomic E-state index is -0.432. The van der Waals surface area contributed by atoms with Crippen molar-refractivity contribution in [2.45, 2.75) is 6.42 Å². The van der Waals surface area contributed by atoms with E-state index in [-0.39, 0.29) is 0 Å². The molecule has 0 amide bonds. The SMILES string of the molecule is C=CC(=C)OCCOCCOCCOc1cccc(OCCCOC(=O)C=C)c1. The Bertz CT molecular complexity index is 627. The van der Waals surface area contributed by atoms with Gasteiger partial charge in [-0.05, 0) is 18.2 Å². The maximum absolute atomic E-state index is 10.9. The average molecular weight is 406 g/mol. The van der Waals surface area contributed by atoms with Crippen molar-refractivity contribution in [3.8, 4) is 11.5 Å². The van der Waals surface area contributed by atoms with Crippen LogP contribution < -0.4 is 9.47 Å². The van der Waals surface area contributed by atoms with Crippen molar-refractivity contribution in [1.29, 1.82) is 0 Å². The van der Waals surface area contributed by atoms with Crippen molar-refractivity contribution in [1.82, 2.24) is 0 Å². The second kappa shape index (κ2) is 16.2. The van der Waals surface area contributed by atoms with Gasteiger partial charge in [-0.25, -0.2) is 4.79 Å². The Labute approximate surface area is 172 Å². The zero-order chi connectivity index (χ0) is 21.2. The quantitative estimate of drug-likeness (QED) is 0.122. The van der Waals surface area contributed by atoms with E-state index < -0.39 is 5.97 Å². The van der Waals surface area contributed by atoms with Crippen LogP contribution in [0.1, 0.15) is 6.42 Å². The molecule has 0 aliphatic carbocycles. The van der Waals surface area contributed by atoms with Crippen molar-refractivity contribution in [3.63, 3.8) is 0 Å². The molecule has 0 bridgehead atoms. The number of hydrogen-bond acceptors (Lipinski definition) is 7. The Kier molecular flexibility index (Phi) is 13.6. The summed E-state index contributed by atoms with van der Waals surface area (Å²) >= 11 is 0. The van der Waals surface area contributed by atoms with E-state index >= 15 is 0 Å². The summed E-state index contributed by atoms with van der Waals surface area (Å²) in [6.45, 7) is 14.0. The molecule has 1 aromatic rings. The molecule has 0 spiro atoms. The molecule has 1 rings (SSSR count). The smallest absolute Gasteiger partial charge is 0.330 e. The van der Waals surface area contributed by atoms with Crippen LogP contribution in [0.25, 0.3) is 0 Å². The van der Waals surface area contributed by atoms with Crippen molar-refractivity contribution in [2.75, 3.05) is 52.9 Å². The fourth-order valence-electron chi connectivity index (χ4n) is 1.97. The summed E-state index contributed by atoms with van der Waals surface area (Å²) in [5, 5.41) is 0. The maximum Gasteiger partial charge on any atom is 0.330 e. The summed E-state index contributed by atoms with van der Waals surface area (Å²) in [5.74, 6) is 1.48. The van der Waals surface area contributed by atoms with Gasteiger partial charge in [-0.3, -0.25) is 0 Å². The Hall–Kier alpha value is -2.77. The standard InChI is InChI=1S/C22H30O7/c1-4-19(3)26-16-14-24-12-13-25-15-17-28-21-9-6-8-20(18-21)27-10-7-11-29-22(23)5-2/h4-6,8-9,18H,1-3,7,10-17H2. The van der Waals surface area contributed by atoms with E-state index in [0.29, 0.717) is 76.5 Å². The lowest BCUT2D eigenvalue weighted by atomic mass is 10.3. The minimum absolute atomic E-state index is 0.291. The van der Waals surface area contributed by atoms with Crippen LogP contribution in [0, 0.1) is 0 Å². The second-order valence-corrected chi connectivity index (χ2v) is 5.64. The third-order valence-corrected chi connectivity index (χ3v) is 3.39. The highest BCUT2D eigenvalue weighted by Gasteiger charge is 2.00. The number of carbonyl (C=O) groups is 1. The van der Waals surface area contributed by atoms with Crippen LogP contribution in [0.2, 0.25) is 0 Å². The molecule has 0 heterocycles. The Morgan fingerprint density at radius 3 is 2.07 bits per heavy atom. The highest BCUT2D eigenvalue weighted by atomic mass is 16.6. The highest BCUT2D eigenvalue weighted by molar-refractivity contribution is 5.81. The van der Waals surface area contributed by atoms with Crippen LogP contribution in [0.5, 0.6) is 11.5 Å². The molecule has 1 aromatic carbocycles. The molecule has 0 N–H and O–H groups in total. The lowest BCUT2D eigenvalue weighted by Gasteiger charge is -2.10. The second-order valence-electron chi connectivity index (χ2n) is 5.64. The lowest BCUT2D eigenvalue weighted by Crippen LogP contribution is -2.12.